The largest absolute Gasteiger partial charge is 0.312 e. The predicted molar refractivity (Wildman–Crippen MR) is 71.5 cm³/mol. The number of halogens is 1. The third-order valence-corrected chi connectivity index (χ3v) is 6.33. The highest BCUT2D eigenvalue weighted by molar-refractivity contribution is 7.89. The van der Waals surface area contributed by atoms with Gasteiger partial charge in [-0.2, -0.15) is 9.40 Å². The van der Waals surface area contributed by atoms with E-state index >= 15 is 0 Å². The average molecular weight is 305 g/mol. The van der Waals surface area contributed by atoms with Gasteiger partial charge in [-0.05, 0) is 25.3 Å². The van der Waals surface area contributed by atoms with Crippen molar-refractivity contribution in [1.29, 1.82) is 0 Å². The molecule has 2 aliphatic heterocycles. The molecule has 0 saturated carbocycles. The number of nitrogens with zero attached hydrogens (tertiary/aromatic N) is 3. The second-order valence-corrected chi connectivity index (χ2v) is 7.47. The standard InChI is InChI=1S/C11H17ClN4O2S/c1-15-11(9(12)5-14-15)19(17,18)16-6-8-3-2-4-13-10(8)7-16/h5,8,10,13H,2-4,6-7H2,1H3. The van der Waals surface area contributed by atoms with Crippen LogP contribution in [0.2, 0.25) is 5.02 Å². The average Bonchev–Trinajstić information content (AvgIpc) is 2.93. The number of sulfonamides is 1. The maximum Gasteiger partial charge on any atom is 0.261 e. The molecule has 2 aliphatic rings. The highest BCUT2D eigenvalue weighted by Crippen LogP contribution is 2.31. The van der Waals surface area contributed by atoms with Crippen LogP contribution < -0.4 is 5.32 Å². The van der Waals surface area contributed by atoms with Gasteiger partial charge >= 0.3 is 0 Å². The molecule has 2 atom stereocenters. The molecule has 1 aromatic heterocycles. The number of rotatable bonds is 2. The molecule has 1 N–H and O–H groups in total. The number of aromatic nitrogens is 2. The van der Waals surface area contributed by atoms with Gasteiger partial charge < -0.3 is 5.32 Å². The highest BCUT2D eigenvalue weighted by atomic mass is 35.5. The van der Waals surface area contributed by atoms with Gasteiger partial charge in [0.05, 0.1) is 11.2 Å². The Morgan fingerprint density at radius 2 is 2.26 bits per heavy atom. The van der Waals surface area contributed by atoms with E-state index in [9.17, 15) is 8.42 Å². The van der Waals surface area contributed by atoms with Gasteiger partial charge in [-0.25, -0.2) is 8.42 Å². The van der Waals surface area contributed by atoms with Crippen molar-refractivity contribution in [2.24, 2.45) is 13.0 Å². The van der Waals surface area contributed by atoms with Crippen molar-refractivity contribution in [2.75, 3.05) is 19.6 Å². The Labute approximate surface area is 117 Å². The Morgan fingerprint density at radius 1 is 1.47 bits per heavy atom. The van der Waals surface area contributed by atoms with E-state index < -0.39 is 10.0 Å². The lowest BCUT2D eigenvalue weighted by molar-refractivity contribution is 0.339. The quantitative estimate of drug-likeness (QED) is 0.861. The number of hydrogen-bond acceptors (Lipinski definition) is 4. The van der Waals surface area contributed by atoms with Crippen molar-refractivity contribution >= 4 is 21.6 Å². The number of piperidine rings is 1. The van der Waals surface area contributed by atoms with E-state index in [4.69, 9.17) is 11.6 Å². The molecular formula is C11H17ClN4O2S. The summed E-state index contributed by atoms with van der Waals surface area (Å²) in [5.41, 5.74) is 0. The molecule has 3 rings (SSSR count). The summed E-state index contributed by atoms with van der Waals surface area (Å²) < 4.78 is 28.1. The van der Waals surface area contributed by atoms with Crippen LogP contribution in [0.4, 0.5) is 0 Å². The first-order valence-corrected chi connectivity index (χ1v) is 8.23. The van der Waals surface area contributed by atoms with E-state index in [1.165, 1.54) is 15.2 Å². The summed E-state index contributed by atoms with van der Waals surface area (Å²) in [6, 6.07) is 0.274. The van der Waals surface area contributed by atoms with E-state index in [0.717, 1.165) is 19.4 Å². The maximum absolute atomic E-state index is 12.6. The second kappa shape index (κ2) is 4.73. The van der Waals surface area contributed by atoms with Crippen molar-refractivity contribution in [3.63, 3.8) is 0 Å². The zero-order valence-corrected chi connectivity index (χ0v) is 12.3. The minimum Gasteiger partial charge on any atom is -0.312 e. The number of hydrogen-bond donors (Lipinski definition) is 1. The maximum atomic E-state index is 12.6. The van der Waals surface area contributed by atoms with E-state index in [1.54, 1.807) is 7.05 Å². The summed E-state index contributed by atoms with van der Waals surface area (Å²) in [5, 5.41) is 7.58. The fraction of sp³-hybridized carbons (Fsp3) is 0.727. The van der Waals surface area contributed by atoms with Crippen molar-refractivity contribution in [1.82, 2.24) is 19.4 Å². The second-order valence-electron chi connectivity index (χ2n) is 5.21. The molecule has 0 aliphatic carbocycles. The Hall–Kier alpha value is -0.630. The molecule has 0 spiro atoms. The topological polar surface area (TPSA) is 67.2 Å². The first-order valence-electron chi connectivity index (χ1n) is 6.41. The van der Waals surface area contributed by atoms with E-state index in [2.05, 4.69) is 10.4 Å². The summed E-state index contributed by atoms with van der Waals surface area (Å²) in [7, 11) is -1.96. The van der Waals surface area contributed by atoms with Gasteiger partial charge in [0.1, 0.15) is 0 Å². The lowest BCUT2D eigenvalue weighted by Gasteiger charge is -2.24. The minimum atomic E-state index is -3.55. The summed E-state index contributed by atoms with van der Waals surface area (Å²) in [6.07, 6.45) is 3.57. The van der Waals surface area contributed by atoms with E-state index in [1.807, 2.05) is 0 Å². The monoisotopic (exact) mass is 304 g/mol. The smallest absolute Gasteiger partial charge is 0.261 e. The van der Waals surface area contributed by atoms with Crippen molar-refractivity contribution < 1.29 is 8.42 Å². The van der Waals surface area contributed by atoms with Gasteiger partial charge in [-0.1, -0.05) is 11.6 Å². The fourth-order valence-corrected chi connectivity index (χ4v) is 5.14. The SMILES string of the molecule is Cn1ncc(Cl)c1S(=O)(=O)N1CC2CCCNC2C1. The molecule has 3 heterocycles. The molecule has 1 aromatic rings. The normalized spacial score (nSPS) is 28.5. The Balaban J connectivity index is 1.90. The number of aryl methyl sites for hydroxylation is 1. The summed E-state index contributed by atoms with van der Waals surface area (Å²) in [5.74, 6) is 0.413. The lowest BCUT2D eigenvalue weighted by atomic mass is 9.94. The van der Waals surface area contributed by atoms with Crippen molar-refractivity contribution in [3.8, 4) is 0 Å². The minimum absolute atomic E-state index is 0.0906. The van der Waals surface area contributed by atoms with Gasteiger partial charge in [-0.15, -0.1) is 0 Å². The van der Waals surface area contributed by atoms with Crippen LogP contribution in [0.1, 0.15) is 12.8 Å². The van der Waals surface area contributed by atoms with Crippen LogP contribution in [-0.2, 0) is 17.1 Å². The van der Waals surface area contributed by atoms with Gasteiger partial charge in [0.2, 0.25) is 0 Å². The Bertz CT molecular complexity index is 552. The lowest BCUT2D eigenvalue weighted by Crippen LogP contribution is -2.41. The first kappa shape index (κ1) is 13.4. The summed E-state index contributed by atoms with van der Waals surface area (Å²) >= 11 is 5.96. The molecule has 6 nitrogen and oxygen atoms in total. The van der Waals surface area contributed by atoms with Crippen LogP contribution >= 0.6 is 11.6 Å². The van der Waals surface area contributed by atoms with Crippen LogP contribution in [-0.4, -0.2) is 48.2 Å². The molecule has 19 heavy (non-hydrogen) atoms. The first-order chi connectivity index (χ1) is 9.00. The molecule has 0 aromatic carbocycles. The van der Waals surface area contributed by atoms with E-state index in [0.29, 0.717) is 19.0 Å². The number of nitrogens with one attached hydrogen (secondary N) is 1. The molecular weight excluding hydrogens is 288 g/mol. The van der Waals surface area contributed by atoms with Crippen LogP contribution in [0, 0.1) is 5.92 Å². The highest BCUT2D eigenvalue weighted by Gasteiger charge is 2.41. The van der Waals surface area contributed by atoms with Crippen molar-refractivity contribution in [2.45, 2.75) is 23.9 Å². The Morgan fingerprint density at radius 3 is 2.89 bits per heavy atom. The molecule has 8 heteroatoms. The molecule has 0 bridgehead atoms. The molecule has 2 fully saturated rings. The van der Waals surface area contributed by atoms with Gasteiger partial charge in [0, 0.05) is 26.2 Å². The molecule has 106 valence electrons. The fourth-order valence-electron chi connectivity index (χ4n) is 3.02. The van der Waals surface area contributed by atoms with Gasteiger partial charge in [0.25, 0.3) is 10.0 Å². The van der Waals surface area contributed by atoms with Crippen LogP contribution in [0.25, 0.3) is 0 Å². The third-order valence-electron chi connectivity index (χ3n) is 3.99. The molecule has 0 radical (unpaired) electrons. The summed E-state index contributed by atoms with van der Waals surface area (Å²) in [4.78, 5) is 0. The van der Waals surface area contributed by atoms with Crippen LogP contribution in [0.5, 0.6) is 0 Å². The van der Waals surface area contributed by atoms with Gasteiger partial charge in [-0.3, -0.25) is 4.68 Å². The van der Waals surface area contributed by atoms with Crippen molar-refractivity contribution in [3.05, 3.63) is 11.2 Å². The zero-order chi connectivity index (χ0) is 13.6. The van der Waals surface area contributed by atoms with Crippen LogP contribution in [0.15, 0.2) is 11.2 Å². The zero-order valence-electron chi connectivity index (χ0n) is 10.7. The Kier molecular flexibility index (Phi) is 3.33. The van der Waals surface area contributed by atoms with Gasteiger partial charge in [0.15, 0.2) is 5.03 Å². The third kappa shape index (κ3) is 2.18. The number of fused-ring (bicyclic) bond motifs is 1. The molecule has 2 saturated heterocycles. The predicted octanol–water partition coefficient (Wildman–Crippen LogP) is 0.446. The van der Waals surface area contributed by atoms with Crippen LogP contribution in [0.3, 0.4) is 0 Å². The van der Waals surface area contributed by atoms with E-state index in [-0.39, 0.29) is 16.1 Å². The molecule has 0 amide bonds. The summed E-state index contributed by atoms with van der Waals surface area (Å²) in [6.45, 7) is 2.07. The molecule has 2 unspecified atom stereocenters.